The maximum Gasteiger partial charge on any atom is 0.233 e. The van der Waals surface area contributed by atoms with Crippen molar-refractivity contribution in [1.82, 2.24) is 15.1 Å². The summed E-state index contributed by atoms with van der Waals surface area (Å²) in [6.07, 6.45) is 6.30. The van der Waals surface area contributed by atoms with E-state index in [0.29, 0.717) is 22.4 Å². The van der Waals surface area contributed by atoms with Crippen molar-refractivity contribution in [2.75, 3.05) is 22.6 Å². The van der Waals surface area contributed by atoms with Crippen LogP contribution in [0.4, 0.5) is 5.13 Å². The molecule has 2 aromatic rings. The Labute approximate surface area is 178 Å². The lowest BCUT2D eigenvalue weighted by molar-refractivity contribution is -0.132. The Bertz CT molecular complexity index is 923. The molecule has 1 atom stereocenters. The van der Waals surface area contributed by atoms with E-state index in [-0.39, 0.29) is 35.2 Å². The van der Waals surface area contributed by atoms with Gasteiger partial charge in [-0.05, 0) is 31.4 Å². The van der Waals surface area contributed by atoms with Crippen LogP contribution in [0.15, 0.2) is 27.2 Å². The number of nitrogens with one attached hydrogen (secondary N) is 1. The van der Waals surface area contributed by atoms with Crippen molar-refractivity contribution in [1.29, 1.82) is 0 Å². The van der Waals surface area contributed by atoms with E-state index in [2.05, 4.69) is 15.5 Å². The van der Waals surface area contributed by atoms with Crippen LogP contribution in [-0.2, 0) is 21.2 Å². The predicted molar refractivity (Wildman–Crippen MR) is 113 cm³/mol. The molecule has 4 rings (SSSR count). The Morgan fingerprint density at radius 2 is 2.10 bits per heavy atom. The van der Waals surface area contributed by atoms with E-state index in [1.54, 1.807) is 6.26 Å². The molecule has 1 amide bonds. The zero-order valence-electron chi connectivity index (χ0n) is 16.0. The van der Waals surface area contributed by atoms with Gasteiger partial charge in [-0.25, -0.2) is 8.42 Å². The highest BCUT2D eigenvalue weighted by atomic mass is 32.2. The van der Waals surface area contributed by atoms with Gasteiger partial charge in [0.1, 0.15) is 5.76 Å². The normalized spacial score (nSPS) is 21.4. The third-order valence-electron chi connectivity index (χ3n) is 5.33. The molecule has 0 bridgehead atoms. The summed E-state index contributed by atoms with van der Waals surface area (Å²) in [5, 5.41) is 12.1. The van der Waals surface area contributed by atoms with Crippen LogP contribution in [0.2, 0.25) is 0 Å². The molecular weight excluding hydrogens is 432 g/mol. The first-order chi connectivity index (χ1) is 14.0. The first-order valence-corrected chi connectivity index (χ1v) is 13.4. The average molecular weight is 457 g/mol. The summed E-state index contributed by atoms with van der Waals surface area (Å²) >= 11 is 2.75. The van der Waals surface area contributed by atoms with Gasteiger partial charge in [0.2, 0.25) is 11.0 Å². The molecule has 1 aliphatic heterocycles. The van der Waals surface area contributed by atoms with Gasteiger partial charge < -0.3 is 14.6 Å². The smallest absolute Gasteiger partial charge is 0.233 e. The molecule has 2 fully saturated rings. The quantitative estimate of drug-likeness (QED) is 0.605. The van der Waals surface area contributed by atoms with Crippen molar-refractivity contribution in [3.63, 3.8) is 0 Å². The van der Waals surface area contributed by atoms with Crippen molar-refractivity contribution in [3.05, 3.63) is 24.2 Å². The highest BCUT2D eigenvalue weighted by molar-refractivity contribution is 8.01. The third-order valence-corrected chi connectivity index (χ3v) is 9.08. The lowest BCUT2D eigenvalue weighted by Crippen LogP contribution is -2.47. The molecule has 11 heteroatoms. The summed E-state index contributed by atoms with van der Waals surface area (Å²) in [4.78, 5) is 14.9. The van der Waals surface area contributed by atoms with Crippen molar-refractivity contribution in [2.45, 2.75) is 55.1 Å². The number of hydrogen-bond donors (Lipinski definition) is 1. The van der Waals surface area contributed by atoms with Gasteiger partial charge in [-0.15, -0.1) is 10.2 Å². The SMILES string of the molecule is O=C(CSc1nnc(NCc2ccco2)s1)N(C1CCCC1)[C@H]1CCS(=O)(=O)C1. The van der Waals surface area contributed by atoms with Gasteiger partial charge in [-0.3, -0.25) is 4.79 Å². The third kappa shape index (κ3) is 5.32. The van der Waals surface area contributed by atoms with Crippen molar-refractivity contribution in [2.24, 2.45) is 0 Å². The second-order valence-corrected chi connectivity index (χ2v) is 11.8. The molecule has 1 aliphatic carbocycles. The first-order valence-electron chi connectivity index (χ1n) is 9.74. The molecule has 2 aromatic heterocycles. The summed E-state index contributed by atoms with van der Waals surface area (Å²) in [5.41, 5.74) is 0. The van der Waals surface area contributed by atoms with Gasteiger partial charge in [0, 0.05) is 12.1 Å². The Morgan fingerprint density at radius 3 is 2.79 bits per heavy atom. The molecule has 0 radical (unpaired) electrons. The molecule has 0 unspecified atom stereocenters. The summed E-state index contributed by atoms with van der Waals surface area (Å²) < 4.78 is 29.9. The zero-order chi connectivity index (χ0) is 20.3. The lowest BCUT2D eigenvalue weighted by Gasteiger charge is -2.34. The van der Waals surface area contributed by atoms with Crippen LogP contribution in [-0.4, -0.2) is 58.8 Å². The van der Waals surface area contributed by atoms with E-state index in [1.807, 2.05) is 17.0 Å². The summed E-state index contributed by atoms with van der Waals surface area (Å²) in [5.74, 6) is 1.34. The topological polar surface area (TPSA) is 105 Å². The molecule has 3 heterocycles. The minimum Gasteiger partial charge on any atom is -0.467 e. The molecule has 8 nitrogen and oxygen atoms in total. The summed E-state index contributed by atoms with van der Waals surface area (Å²) in [7, 11) is -3.03. The Hall–Kier alpha value is -1.59. The minimum absolute atomic E-state index is 0.00398. The largest absolute Gasteiger partial charge is 0.467 e. The van der Waals surface area contributed by atoms with E-state index in [0.717, 1.165) is 31.4 Å². The number of thioether (sulfide) groups is 1. The van der Waals surface area contributed by atoms with Gasteiger partial charge in [-0.1, -0.05) is 35.9 Å². The van der Waals surface area contributed by atoms with Crippen LogP contribution in [0, 0.1) is 0 Å². The van der Waals surface area contributed by atoms with Gasteiger partial charge in [0.05, 0.1) is 30.1 Å². The van der Waals surface area contributed by atoms with Crippen LogP contribution < -0.4 is 5.32 Å². The number of carbonyl (C=O) groups excluding carboxylic acids is 1. The summed E-state index contributed by atoms with van der Waals surface area (Å²) in [6, 6.07) is 3.69. The van der Waals surface area contributed by atoms with E-state index >= 15 is 0 Å². The van der Waals surface area contributed by atoms with Gasteiger partial charge in [0.25, 0.3) is 0 Å². The number of anilines is 1. The van der Waals surface area contributed by atoms with Crippen LogP contribution in [0.5, 0.6) is 0 Å². The fraction of sp³-hybridized carbons (Fsp3) is 0.611. The van der Waals surface area contributed by atoms with Crippen LogP contribution in [0.1, 0.15) is 37.9 Å². The van der Waals surface area contributed by atoms with Crippen molar-refractivity contribution < 1.29 is 17.6 Å². The van der Waals surface area contributed by atoms with E-state index in [9.17, 15) is 13.2 Å². The molecule has 1 N–H and O–H groups in total. The first kappa shape index (κ1) is 20.7. The standard InChI is InChI=1S/C18H24N4O4S3/c23-16(22(13-4-1-2-5-13)14-7-9-29(24,25)12-14)11-27-18-21-20-17(28-18)19-10-15-6-3-8-26-15/h3,6,8,13-14H,1-2,4-5,7,9-12H2,(H,19,20)/t14-/m0/s1. The van der Waals surface area contributed by atoms with Crippen LogP contribution in [0.3, 0.4) is 0 Å². The maximum atomic E-state index is 13.0. The van der Waals surface area contributed by atoms with E-state index in [1.165, 1.54) is 23.1 Å². The van der Waals surface area contributed by atoms with Crippen LogP contribution in [0.25, 0.3) is 0 Å². The second kappa shape index (κ2) is 9.05. The Balaban J connectivity index is 1.34. The number of sulfone groups is 1. The van der Waals surface area contributed by atoms with Crippen LogP contribution >= 0.6 is 23.1 Å². The second-order valence-electron chi connectivity index (χ2n) is 7.39. The highest BCUT2D eigenvalue weighted by Gasteiger charge is 2.38. The number of furan rings is 1. The van der Waals surface area contributed by atoms with Crippen molar-refractivity contribution >= 4 is 44.0 Å². The monoisotopic (exact) mass is 456 g/mol. The van der Waals surface area contributed by atoms with E-state index < -0.39 is 9.84 Å². The van der Waals surface area contributed by atoms with Gasteiger partial charge in [-0.2, -0.15) is 0 Å². The molecule has 29 heavy (non-hydrogen) atoms. The molecule has 2 aliphatic rings. The fourth-order valence-electron chi connectivity index (χ4n) is 4.00. The maximum absolute atomic E-state index is 13.0. The number of aromatic nitrogens is 2. The number of carbonyl (C=O) groups is 1. The summed E-state index contributed by atoms with van der Waals surface area (Å²) in [6.45, 7) is 0.525. The minimum atomic E-state index is -3.03. The highest BCUT2D eigenvalue weighted by Crippen LogP contribution is 2.31. The molecule has 158 valence electrons. The number of nitrogens with zero attached hydrogens (tertiary/aromatic N) is 3. The zero-order valence-corrected chi connectivity index (χ0v) is 18.4. The van der Waals surface area contributed by atoms with Crippen molar-refractivity contribution in [3.8, 4) is 0 Å². The Morgan fingerprint density at radius 1 is 1.28 bits per heavy atom. The predicted octanol–water partition coefficient (Wildman–Crippen LogP) is 2.79. The fourth-order valence-corrected chi connectivity index (χ4v) is 7.32. The molecule has 1 saturated heterocycles. The molecule has 0 spiro atoms. The molecule has 1 saturated carbocycles. The molecular formula is C18H24N4O4S3. The molecule has 0 aromatic carbocycles. The number of rotatable bonds is 8. The average Bonchev–Trinajstić information content (AvgIpc) is 3.47. The number of hydrogen-bond acceptors (Lipinski definition) is 9. The Kier molecular flexibility index (Phi) is 6.45. The van der Waals surface area contributed by atoms with Gasteiger partial charge in [0.15, 0.2) is 14.2 Å². The van der Waals surface area contributed by atoms with E-state index in [4.69, 9.17) is 4.42 Å². The number of amides is 1. The lowest BCUT2D eigenvalue weighted by atomic mass is 10.1. The van der Waals surface area contributed by atoms with Gasteiger partial charge >= 0.3 is 0 Å².